The number of carbonyl (C=O) groups excluding carboxylic acids is 2. The molecule has 0 fully saturated rings. The number of carboxylic acid groups (broad SMARTS) is 1. The van der Waals surface area contributed by atoms with Crippen molar-refractivity contribution in [1.82, 2.24) is 4.57 Å². The van der Waals surface area contributed by atoms with E-state index in [9.17, 15) is 14.7 Å². The molecular weight excluding hydrogens is 325 g/mol. The first-order chi connectivity index (χ1) is 9.08. The molecule has 0 bridgehead atoms. The standard InChI is InChI=1S/C13H10ClNO3S.K/c14-7-5-11(19-6-7)12(16)10-2-1-9-8(13(17)18)3-4-15(9)10;/h1-2,5-6,8H,3-4H2,(H,17,18);/q;+1/p-1. The molecule has 0 spiro atoms. The Kier molecular flexibility index (Phi) is 5.28. The summed E-state index contributed by atoms with van der Waals surface area (Å²) in [4.78, 5) is 23.9. The fourth-order valence-corrected chi connectivity index (χ4v) is 3.46. The quantitative estimate of drug-likeness (QED) is 0.517. The van der Waals surface area contributed by atoms with Crippen LogP contribution in [0.2, 0.25) is 5.02 Å². The molecule has 1 aliphatic heterocycles. The summed E-state index contributed by atoms with van der Waals surface area (Å²) < 4.78 is 1.76. The first kappa shape index (κ1) is 16.4. The number of carboxylic acids is 1. The Hall–Kier alpha value is 0.0464. The van der Waals surface area contributed by atoms with Gasteiger partial charge in [0.1, 0.15) is 0 Å². The maximum absolute atomic E-state index is 12.3. The number of nitrogens with zero attached hydrogens (tertiary/aromatic N) is 1. The van der Waals surface area contributed by atoms with Crippen molar-refractivity contribution in [1.29, 1.82) is 0 Å². The average Bonchev–Trinajstić information content (AvgIpc) is 3.01. The predicted octanol–water partition coefficient (Wildman–Crippen LogP) is -1.32. The van der Waals surface area contributed by atoms with Crippen LogP contribution < -0.4 is 56.5 Å². The van der Waals surface area contributed by atoms with E-state index >= 15 is 0 Å². The van der Waals surface area contributed by atoms with Gasteiger partial charge in [-0.2, -0.15) is 0 Å². The molecule has 4 nitrogen and oxygen atoms in total. The molecule has 3 rings (SSSR count). The number of aromatic nitrogens is 1. The summed E-state index contributed by atoms with van der Waals surface area (Å²) in [7, 11) is 0. The zero-order chi connectivity index (χ0) is 13.6. The molecular formula is C13H9ClKNO3S. The topological polar surface area (TPSA) is 62.1 Å². The Morgan fingerprint density at radius 3 is 2.75 bits per heavy atom. The largest absolute Gasteiger partial charge is 1.00 e. The van der Waals surface area contributed by atoms with Crippen LogP contribution in [-0.4, -0.2) is 16.3 Å². The van der Waals surface area contributed by atoms with E-state index in [-0.39, 0.29) is 57.2 Å². The number of carbonyl (C=O) groups is 2. The number of aliphatic carboxylic acids is 1. The Balaban J connectivity index is 0.00000147. The van der Waals surface area contributed by atoms with Gasteiger partial charge in [-0.1, -0.05) is 11.6 Å². The van der Waals surface area contributed by atoms with Crippen molar-refractivity contribution in [2.24, 2.45) is 0 Å². The Bertz CT molecular complexity index is 679. The Morgan fingerprint density at radius 2 is 2.15 bits per heavy atom. The molecule has 0 aromatic carbocycles. The number of fused-ring (bicyclic) bond motifs is 1. The van der Waals surface area contributed by atoms with Crippen molar-refractivity contribution in [3.05, 3.63) is 44.9 Å². The third kappa shape index (κ3) is 2.83. The third-order valence-electron chi connectivity index (χ3n) is 3.32. The van der Waals surface area contributed by atoms with Gasteiger partial charge in [0.05, 0.1) is 21.6 Å². The van der Waals surface area contributed by atoms with Gasteiger partial charge in [-0.05, 0) is 24.6 Å². The van der Waals surface area contributed by atoms with E-state index in [4.69, 9.17) is 11.6 Å². The minimum Gasteiger partial charge on any atom is -0.549 e. The van der Waals surface area contributed by atoms with Crippen LogP contribution in [0.5, 0.6) is 0 Å². The Morgan fingerprint density at radius 1 is 1.40 bits per heavy atom. The van der Waals surface area contributed by atoms with E-state index in [2.05, 4.69) is 0 Å². The van der Waals surface area contributed by atoms with E-state index in [1.807, 2.05) is 0 Å². The van der Waals surface area contributed by atoms with Gasteiger partial charge in [-0.3, -0.25) is 4.79 Å². The summed E-state index contributed by atoms with van der Waals surface area (Å²) in [5, 5.41) is 13.2. The van der Waals surface area contributed by atoms with Crippen molar-refractivity contribution in [3.63, 3.8) is 0 Å². The van der Waals surface area contributed by atoms with E-state index in [1.165, 1.54) is 11.3 Å². The molecule has 2 aromatic heterocycles. The van der Waals surface area contributed by atoms with Crippen molar-refractivity contribution in [3.8, 4) is 0 Å². The summed E-state index contributed by atoms with van der Waals surface area (Å²) in [5.74, 6) is -1.83. The van der Waals surface area contributed by atoms with Crippen LogP contribution in [0.4, 0.5) is 0 Å². The van der Waals surface area contributed by atoms with Crippen LogP contribution in [-0.2, 0) is 11.3 Å². The van der Waals surface area contributed by atoms with Crippen LogP contribution in [0.1, 0.15) is 33.4 Å². The van der Waals surface area contributed by atoms with Crippen LogP contribution in [0.25, 0.3) is 0 Å². The molecule has 20 heavy (non-hydrogen) atoms. The molecule has 0 amide bonds. The monoisotopic (exact) mass is 333 g/mol. The smallest absolute Gasteiger partial charge is 0.549 e. The van der Waals surface area contributed by atoms with Crippen molar-refractivity contribution in [2.45, 2.75) is 18.9 Å². The molecule has 0 aliphatic carbocycles. The molecule has 0 radical (unpaired) electrons. The molecule has 98 valence electrons. The molecule has 0 N–H and O–H groups in total. The number of rotatable bonds is 3. The first-order valence-corrected chi connectivity index (χ1v) is 7.02. The maximum Gasteiger partial charge on any atom is 1.00 e. The number of hydrogen-bond donors (Lipinski definition) is 0. The number of ketones is 1. The molecule has 3 heterocycles. The zero-order valence-corrected chi connectivity index (χ0v) is 15.5. The van der Waals surface area contributed by atoms with Gasteiger partial charge in [0.2, 0.25) is 5.78 Å². The van der Waals surface area contributed by atoms with Gasteiger partial charge < -0.3 is 14.5 Å². The predicted molar refractivity (Wildman–Crippen MR) is 69.6 cm³/mol. The minimum absolute atomic E-state index is 0. The van der Waals surface area contributed by atoms with Crippen molar-refractivity contribution in [2.75, 3.05) is 0 Å². The fraction of sp³-hybridized carbons (Fsp3) is 0.231. The van der Waals surface area contributed by atoms with Gasteiger partial charge in [-0.25, -0.2) is 0 Å². The summed E-state index contributed by atoms with van der Waals surface area (Å²) in [6, 6.07) is 4.98. The van der Waals surface area contributed by atoms with E-state index in [0.29, 0.717) is 34.3 Å². The zero-order valence-electron chi connectivity index (χ0n) is 10.8. The maximum atomic E-state index is 12.3. The second-order valence-electron chi connectivity index (χ2n) is 4.41. The molecule has 0 saturated carbocycles. The first-order valence-electron chi connectivity index (χ1n) is 5.77. The minimum atomic E-state index is -1.09. The molecule has 0 saturated heterocycles. The van der Waals surface area contributed by atoms with Gasteiger partial charge in [-0.15, -0.1) is 11.3 Å². The SMILES string of the molecule is O=C(c1cc(Cl)cs1)c1ccc2n1CCC2C(=O)[O-].[K+]. The van der Waals surface area contributed by atoms with Crippen LogP contribution in [0.15, 0.2) is 23.6 Å². The number of hydrogen-bond acceptors (Lipinski definition) is 4. The van der Waals surface area contributed by atoms with Crippen LogP contribution in [0, 0.1) is 0 Å². The van der Waals surface area contributed by atoms with E-state index in [0.717, 1.165) is 0 Å². The summed E-state index contributed by atoms with van der Waals surface area (Å²) >= 11 is 7.10. The Labute approximate surface area is 167 Å². The van der Waals surface area contributed by atoms with Gasteiger partial charge in [0, 0.05) is 23.5 Å². The molecule has 1 unspecified atom stereocenters. The van der Waals surface area contributed by atoms with Gasteiger partial charge >= 0.3 is 51.4 Å². The number of halogens is 1. The second kappa shape index (κ2) is 6.44. The molecule has 7 heteroatoms. The summed E-state index contributed by atoms with van der Waals surface area (Å²) in [6.07, 6.45) is 0.476. The van der Waals surface area contributed by atoms with Crippen molar-refractivity contribution < 1.29 is 66.1 Å². The molecule has 1 aliphatic rings. The second-order valence-corrected chi connectivity index (χ2v) is 5.76. The molecule has 1 atom stereocenters. The molecule has 2 aromatic rings. The van der Waals surface area contributed by atoms with E-state index < -0.39 is 11.9 Å². The fourth-order valence-electron chi connectivity index (χ4n) is 2.44. The number of thiophene rings is 1. The van der Waals surface area contributed by atoms with Crippen LogP contribution in [0.3, 0.4) is 0 Å². The van der Waals surface area contributed by atoms with E-state index in [1.54, 1.807) is 28.1 Å². The average molecular weight is 334 g/mol. The summed E-state index contributed by atoms with van der Waals surface area (Å²) in [5.41, 5.74) is 1.16. The third-order valence-corrected chi connectivity index (χ3v) is 4.60. The summed E-state index contributed by atoms with van der Waals surface area (Å²) in [6.45, 7) is 0.529. The van der Waals surface area contributed by atoms with Crippen LogP contribution >= 0.6 is 22.9 Å². The van der Waals surface area contributed by atoms with Gasteiger partial charge in [0.25, 0.3) is 0 Å². The normalized spacial score (nSPS) is 16.6. The van der Waals surface area contributed by atoms with Gasteiger partial charge in [0.15, 0.2) is 0 Å². The van der Waals surface area contributed by atoms with Crippen molar-refractivity contribution >= 4 is 34.7 Å².